The molecule has 0 fully saturated rings. The smallest absolute Gasteiger partial charge is 0.275 e. The van der Waals surface area contributed by atoms with Crippen molar-refractivity contribution < 1.29 is 0 Å². The first-order valence-electron chi connectivity index (χ1n) is 7.81. The number of hydrogen-bond acceptors (Lipinski definition) is 7. The Bertz CT molecular complexity index is 943. The summed E-state index contributed by atoms with van der Waals surface area (Å²) in [5, 5.41) is 11.8. The molecule has 0 amide bonds. The minimum atomic E-state index is -0.124. The minimum absolute atomic E-state index is 0.124. The van der Waals surface area contributed by atoms with Crippen LogP contribution in [0.3, 0.4) is 0 Å². The van der Waals surface area contributed by atoms with Crippen molar-refractivity contribution in [2.75, 3.05) is 13.3 Å². The van der Waals surface area contributed by atoms with Crippen LogP contribution in [-0.2, 0) is 25.9 Å². The average Bonchev–Trinajstić information content (AvgIpc) is 3.23. The van der Waals surface area contributed by atoms with Crippen LogP contribution in [0.5, 0.6) is 0 Å². The van der Waals surface area contributed by atoms with E-state index in [1.807, 2.05) is 13.3 Å². The number of rotatable bonds is 5. The maximum Gasteiger partial charge on any atom is 0.275 e. The van der Waals surface area contributed by atoms with Crippen molar-refractivity contribution in [3.8, 4) is 0 Å². The molecule has 0 radical (unpaired) electrons. The third-order valence-electron chi connectivity index (χ3n) is 4.20. The number of aryl methyl sites for hydroxylation is 1. The monoisotopic (exact) mass is 362 g/mol. The Balaban J connectivity index is 1.53. The van der Waals surface area contributed by atoms with E-state index in [2.05, 4.69) is 25.2 Å². The van der Waals surface area contributed by atoms with E-state index in [1.54, 1.807) is 6.07 Å². The Morgan fingerprint density at radius 1 is 1.42 bits per heavy atom. The van der Waals surface area contributed by atoms with Gasteiger partial charge < -0.3 is 0 Å². The SMILES string of the molecule is CSc1nn2c(=O)cc(CN(C)Cc3n[nH]c4c3CCC4)nc2s1. The lowest BCUT2D eigenvalue weighted by molar-refractivity contribution is 0.310. The van der Waals surface area contributed by atoms with Crippen molar-refractivity contribution in [1.82, 2.24) is 29.7 Å². The van der Waals surface area contributed by atoms with Crippen LogP contribution in [0.1, 0.15) is 29.1 Å². The Hall–Kier alpha value is -1.71. The fraction of sp³-hybridized carbons (Fsp3) is 0.467. The van der Waals surface area contributed by atoms with E-state index >= 15 is 0 Å². The molecular formula is C15H18N6OS2. The van der Waals surface area contributed by atoms with Gasteiger partial charge in [0.2, 0.25) is 4.96 Å². The fourth-order valence-corrected chi connectivity index (χ4v) is 4.49. The zero-order valence-electron chi connectivity index (χ0n) is 13.6. The van der Waals surface area contributed by atoms with E-state index in [-0.39, 0.29) is 5.56 Å². The highest BCUT2D eigenvalue weighted by atomic mass is 32.2. The Labute approximate surface area is 147 Å². The number of aromatic nitrogens is 5. The zero-order chi connectivity index (χ0) is 16.7. The number of nitrogens with one attached hydrogen (secondary N) is 1. The molecule has 9 heteroatoms. The molecule has 0 atom stereocenters. The van der Waals surface area contributed by atoms with E-state index in [4.69, 9.17) is 0 Å². The largest absolute Gasteiger partial charge is 0.295 e. The number of thioether (sulfide) groups is 1. The molecule has 3 aromatic heterocycles. The van der Waals surface area contributed by atoms with Gasteiger partial charge in [0.15, 0.2) is 4.34 Å². The lowest BCUT2D eigenvalue weighted by Crippen LogP contribution is -2.22. The molecule has 1 N–H and O–H groups in total. The molecule has 0 bridgehead atoms. The summed E-state index contributed by atoms with van der Waals surface area (Å²) in [4.78, 5) is 19.6. The summed E-state index contributed by atoms with van der Waals surface area (Å²) >= 11 is 2.96. The fourth-order valence-electron chi connectivity index (χ4n) is 3.11. The highest BCUT2D eigenvalue weighted by molar-refractivity contribution is 8.00. The molecule has 0 aromatic carbocycles. The number of fused-ring (bicyclic) bond motifs is 2. The highest BCUT2D eigenvalue weighted by Crippen LogP contribution is 2.24. The van der Waals surface area contributed by atoms with Gasteiger partial charge in [0.1, 0.15) is 0 Å². The third-order valence-corrected chi connectivity index (χ3v) is 6.08. The first-order chi connectivity index (χ1) is 11.6. The van der Waals surface area contributed by atoms with Crippen molar-refractivity contribution in [3.63, 3.8) is 0 Å². The molecule has 24 heavy (non-hydrogen) atoms. The summed E-state index contributed by atoms with van der Waals surface area (Å²) in [6, 6.07) is 1.57. The van der Waals surface area contributed by atoms with Gasteiger partial charge in [-0.2, -0.15) is 9.61 Å². The quantitative estimate of drug-likeness (QED) is 0.696. The number of H-pyrrole nitrogens is 1. The number of nitrogens with zero attached hydrogens (tertiary/aromatic N) is 5. The van der Waals surface area contributed by atoms with Crippen LogP contribution < -0.4 is 5.56 Å². The van der Waals surface area contributed by atoms with Gasteiger partial charge >= 0.3 is 0 Å². The molecule has 4 rings (SSSR count). The molecule has 7 nitrogen and oxygen atoms in total. The second-order valence-electron chi connectivity index (χ2n) is 6.01. The van der Waals surface area contributed by atoms with Gasteiger partial charge in [-0.25, -0.2) is 4.98 Å². The van der Waals surface area contributed by atoms with E-state index in [1.165, 1.54) is 45.3 Å². The summed E-state index contributed by atoms with van der Waals surface area (Å²) in [6.45, 7) is 1.37. The molecule has 0 unspecified atom stereocenters. The Morgan fingerprint density at radius 2 is 2.29 bits per heavy atom. The van der Waals surface area contributed by atoms with Crippen LogP contribution in [0.4, 0.5) is 0 Å². The Kier molecular flexibility index (Phi) is 4.15. The van der Waals surface area contributed by atoms with E-state index in [0.717, 1.165) is 35.1 Å². The van der Waals surface area contributed by atoms with Gasteiger partial charge in [-0.15, -0.1) is 5.10 Å². The van der Waals surface area contributed by atoms with Crippen molar-refractivity contribution in [3.05, 3.63) is 39.1 Å². The van der Waals surface area contributed by atoms with Gasteiger partial charge in [-0.3, -0.25) is 14.8 Å². The van der Waals surface area contributed by atoms with Crippen LogP contribution in [0.15, 0.2) is 15.2 Å². The van der Waals surface area contributed by atoms with Crippen molar-refractivity contribution in [2.24, 2.45) is 0 Å². The first kappa shape index (κ1) is 15.8. The average molecular weight is 362 g/mol. The lowest BCUT2D eigenvalue weighted by Gasteiger charge is -2.15. The molecule has 0 aliphatic heterocycles. The molecule has 0 saturated carbocycles. The van der Waals surface area contributed by atoms with E-state index in [0.29, 0.717) is 11.5 Å². The van der Waals surface area contributed by atoms with Gasteiger partial charge in [0.25, 0.3) is 5.56 Å². The summed E-state index contributed by atoms with van der Waals surface area (Å²) < 4.78 is 2.22. The third kappa shape index (κ3) is 2.87. The van der Waals surface area contributed by atoms with Crippen LogP contribution in [0.2, 0.25) is 0 Å². The summed E-state index contributed by atoms with van der Waals surface area (Å²) in [5.41, 5.74) is 4.42. The highest BCUT2D eigenvalue weighted by Gasteiger charge is 2.19. The van der Waals surface area contributed by atoms with Crippen LogP contribution in [0.25, 0.3) is 4.96 Å². The minimum Gasteiger partial charge on any atom is -0.295 e. The number of hydrogen-bond donors (Lipinski definition) is 1. The molecule has 126 valence electrons. The first-order valence-corrected chi connectivity index (χ1v) is 9.85. The molecule has 3 aromatic rings. The Morgan fingerprint density at radius 3 is 3.12 bits per heavy atom. The van der Waals surface area contributed by atoms with Crippen molar-refractivity contribution >= 4 is 28.1 Å². The molecule has 0 saturated heterocycles. The second kappa shape index (κ2) is 6.30. The zero-order valence-corrected chi connectivity index (χ0v) is 15.2. The molecule has 1 aliphatic carbocycles. The topological polar surface area (TPSA) is 79.2 Å². The molecule has 3 heterocycles. The predicted molar refractivity (Wildman–Crippen MR) is 94.7 cm³/mol. The molecule has 0 spiro atoms. The van der Waals surface area contributed by atoms with Gasteiger partial charge in [0, 0.05) is 24.8 Å². The summed E-state index contributed by atoms with van der Waals surface area (Å²) in [7, 11) is 2.03. The van der Waals surface area contributed by atoms with Gasteiger partial charge in [-0.05, 0) is 38.1 Å². The predicted octanol–water partition coefficient (Wildman–Crippen LogP) is 1.72. The standard InChI is InChI=1S/C15H18N6OS2/c1-20(8-12-10-4-3-5-11(10)17-18-12)7-9-6-13(22)21-14(16-9)24-15(19-21)23-2/h6H,3-5,7-8H2,1-2H3,(H,17,18). The van der Waals surface area contributed by atoms with Crippen molar-refractivity contribution in [2.45, 2.75) is 36.7 Å². The summed E-state index contributed by atoms with van der Waals surface area (Å²) in [6.07, 6.45) is 5.36. The van der Waals surface area contributed by atoms with E-state index < -0.39 is 0 Å². The van der Waals surface area contributed by atoms with Crippen molar-refractivity contribution in [1.29, 1.82) is 0 Å². The lowest BCUT2D eigenvalue weighted by atomic mass is 10.2. The van der Waals surface area contributed by atoms with Crippen LogP contribution >= 0.6 is 23.1 Å². The van der Waals surface area contributed by atoms with Crippen LogP contribution in [0, 0.1) is 0 Å². The van der Waals surface area contributed by atoms with Gasteiger partial charge in [-0.1, -0.05) is 23.1 Å². The maximum absolute atomic E-state index is 12.2. The maximum atomic E-state index is 12.2. The molecular weight excluding hydrogens is 344 g/mol. The number of aromatic amines is 1. The van der Waals surface area contributed by atoms with Gasteiger partial charge in [0.05, 0.1) is 11.4 Å². The van der Waals surface area contributed by atoms with E-state index in [9.17, 15) is 4.79 Å². The second-order valence-corrected chi connectivity index (χ2v) is 8.01. The molecule has 1 aliphatic rings. The summed E-state index contributed by atoms with van der Waals surface area (Å²) in [5.74, 6) is 0. The normalized spacial score (nSPS) is 14.0. The van der Waals surface area contributed by atoms with Crippen LogP contribution in [-0.4, -0.2) is 43.0 Å².